The van der Waals surface area contributed by atoms with Crippen LogP contribution in [0.4, 0.5) is 4.79 Å². The van der Waals surface area contributed by atoms with E-state index in [1.54, 1.807) is 12.0 Å². The second kappa shape index (κ2) is 8.59. The third-order valence-corrected chi connectivity index (χ3v) is 6.06. The molecule has 158 valence electrons. The lowest BCUT2D eigenvalue weighted by Crippen LogP contribution is -2.52. The lowest BCUT2D eigenvalue weighted by atomic mass is 9.98. The number of carbonyl (C=O) groups excluding carboxylic acids is 3. The summed E-state index contributed by atoms with van der Waals surface area (Å²) in [6, 6.07) is 6.95. The Balaban J connectivity index is 0.00000240. The second-order valence-electron chi connectivity index (χ2n) is 7.66. The summed E-state index contributed by atoms with van der Waals surface area (Å²) in [6.07, 6.45) is 3.14. The molecule has 2 saturated heterocycles. The van der Waals surface area contributed by atoms with Gasteiger partial charge in [-0.3, -0.25) is 14.5 Å². The van der Waals surface area contributed by atoms with Crippen LogP contribution in [0.15, 0.2) is 24.3 Å². The first kappa shape index (κ1) is 21.4. The van der Waals surface area contributed by atoms with Crippen LogP contribution in [0.25, 0.3) is 0 Å². The summed E-state index contributed by atoms with van der Waals surface area (Å²) in [5.74, 6) is 0.233. The monoisotopic (exact) mass is 422 g/mol. The predicted molar refractivity (Wildman–Crippen MR) is 109 cm³/mol. The number of imide groups is 1. The fourth-order valence-electron chi connectivity index (χ4n) is 4.59. The van der Waals surface area contributed by atoms with E-state index >= 15 is 0 Å². The first-order chi connectivity index (χ1) is 13.6. The van der Waals surface area contributed by atoms with Crippen molar-refractivity contribution >= 4 is 30.3 Å². The van der Waals surface area contributed by atoms with Gasteiger partial charge in [0.25, 0.3) is 5.91 Å². The van der Waals surface area contributed by atoms with Gasteiger partial charge in [0.15, 0.2) is 0 Å². The number of hydrogen-bond acceptors (Lipinski definition) is 5. The van der Waals surface area contributed by atoms with E-state index in [4.69, 9.17) is 4.74 Å². The molecule has 1 aromatic carbocycles. The molecule has 1 saturated carbocycles. The Labute approximate surface area is 176 Å². The van der Waals surface area contributed by atoms with Crippen LogP contribution in [-0.2, 0) is 9.59 Å². The van der Waals surface area contributed by atoms with Crippen molar-refractivity contribution in [2.45, 2.75) is 37.3 Å². The van der Waals surface area contributed by atoms with E-state index in [2.05, 4.69) is 10.6 Å². The molecule has 2 heterocycles. The Morgan fingerprint density at radius 1 is 1.24 bits per heavy atom. The first-order valence-electron chi connectivity index (χ1n) is 9.83. The SMILES string of the molecule is COc1ccccc1C1CNCCN1C(=O)CN1C(=O)NC2(CCCC2)C1=O.Cl. The van der Waals surface area contributed by atoms with Crippen LogP contribution < -0.4 is 15.4 Å². The van der Waals surface area contributed by atoms with Crippen LogP contribution >= 0.6 is 12.4 Å². The average Bonchev–Trinajstić information content (AvgIpc) is 3.28. The van der Waals surface area contributed by atoms with Crippen molar-refractivity contribution in [2.75, 3.05) is 33.3 Å². The Hall–Kier alpha value is -2.32. The highest BCUT2D eigenvalue weighted by Crippen LogP contribution is 2.35. The normalized spacial score (nSPS) is 23.1. The van der Waals surface area contributed by atoms with Gasteiger partial charge in [-0.2, -0.15) is 0 Å². The zero-order valence-electron chi connectivity index (χ0n) is 16.5. The molecule has 9 heteroatoms. The summed E-state index contributed by atoms with van der Waals surface area (Å²) in [5.41, 5.74) is 0.123. The van der Waals surface area contributed by atoms with Gasteiger partial charge in [-0.1, -0.05) is 31.0 Å². The van der Waals surface area contributed by atoms with Crippen LogP contribution in [0.2, 0.25) is 0 Å². The minimum Gasteiger partial charge on any atom is -0.496 e. The van der Waals surface area contributed by atoms with Gasteiger partial charge in [0.2, 0.25) is 5.91 Å². The molecule has 3 aliphatic rings. The van der Waals surface area contributed by atoms with Crippen molar-refractivity contribution in [1.29, 1.82) is 0 Å². The van der Waals surface area contributed by atoms with E-state index in [9.17, 15) is 14.4 Å². The summed E-state index contributed by atoms with van der Waals surface area (Å²) < 4.78 is 5.46. The number of piperazine rings is 1. The number of benzene rings is 1. The first-order valence-corrected chi connectivity index (χ1v) is 9.83. The maximum absolute atomic E-state index is 13.1. The number of nitrogens with zero attached hydrogens (tertiary/aromatic N) is 2. The van der Waals surface area contributed by atoms with Gasteiger partial charge in [-0.25, -0.2) is 4.79 Å². The molecular formula is C20H27ClN4O4. The third-order valence-electron chi connectivity index (χ3n) is 6.06. The Kier molecular flexibility index (Phi) is 6.33. The molecule has 0 bridgehead atoms. The molecule has 29 heavy (non-hydrogen) atoms. The molecule has 8 nitrogen and oxygen atoms in total. The van der Waals surface area contributed by atoms with Crippen LogP contribution in [0, 0.1) is 0 Å². The molecule has 2 aliphatic heterocycles. The maximum Gasteiger partial charge on any atom is 0.325 e. The standard InChI is InChI=1S/C20H26N4O4.ClH/c1-28-16-7-3-2-6-14(16)15-12-21-10-11-23(15)17(25)13-24-18(26)20(22-19(24)27)8-4-5-9-20;/h2-3,6-7,15,21H,4-5,8-13H2,1H3,(H,22,27);1H. The minimum absolute atomic E-state index is 0. The molecule has 1 atom stereocenters. The topological polar surface area (TPSA) is 91.0 Å². The Morgan fingerprint density at radius 3 is 2.69 bits per heavy atom. The number of ether oxygens (including phenoxy) is 1. The van der Waals surface area contributed by atoms with Crippen LogP contribution in [0.3, 0.4) is 0 Å². The number of para-hydroxylation sites is 1. The number of methoxy groups -OCH3 is 1. The second-order valence-corrected chi connectivity index (χ2v) is 7.66. The van der Waals surface area contributed by atoms with Crippen molar-refractivity contribution in [3.63, 3.8) is 0 Å². The largest absolute Gasteiger partial charge is 0.496 e. The highest BCUT2D eigenvalue weighted by molar-refractivity contribution is 6.09. The molecule has 1 aliphatic carbocycles. The van der Waals surface area contributed by atoms with E-state index in [1.807, 2.05) is 24.3 Å². The quantitative estimate of drug-likeness (QED) is 0.717. The number of hydrogen-bond donors (Lipinski definition) is 2. The van der Waals surface area contributed by atoms with E-state index < -0.39 is 11.6 Å². The summed E-state index contributed by atoms with van der Waals surface area (Å²) in [4.78, 5) is 41.2. The van der Waals surface area contributed by atoms with E-state index in [-0.39, 0.29) is 36.8 Å². The van der Waals surface area contributed by atoms with Crippen LogP contribution in [0.5, 0.6) is 5.75 Å². The van der Waals surface area contributed by atoms with Gasteiger partial charge in [0.1, 0.15) is 17.8 Å². The molecule has 0 radical (unpaired) electrons. The summed E-state index contributed by atoms with van der Waals surface area (Å²) >= 11 is 0. The number of halogens is 1. The Bertz CT molecular complexity index is 796. The van der Waals surface area contributed by atoms with Gasteiger partial charge in [-0.05, 0) is 18.9 Å². The predicted octanol–water partition coefficient (Wildman–Crippen LogP) is 1.45. The Morgan fingerprint density at radius 2 is 1.97 bits per heavy atom. The molecule has 4 amide bonds. The average molecular weight is 423 g/mol. The summed E-state index contributed by atoms with van der Waals surface area (Å²) in [7, 11) is 1.61. The van der Waals surface area contributed by atoms with Crippen LogP contribution in [0.1, 0.15) is 37.3 Å². The van der Waals surface area contributed by atoms with Crippen molar-refractivity contribution in [3.05, 3.63) is 29.8 Å². The number of nitrogens with one attached hydrogen (secondary N) is 2. The highest BCUT2D eigenvalue weighted by Gasteiger charge is 2.53. The molecule has 2 N–H and O–H groups in total. The van der Waals surface area contributed by atoms with Crippen molar-refractivity contribution < 1.29 is 19.1 Å². The van der Waals surface area contributed by atoms with E-state index in [0.717, 1.165) is 23.3 Å². The smallest absolute Gasteiger partial charge is 0.325 e. The number of carbonyl (C=O) groups is 3. The minimum atomic E-state index is -0.789. The molecular weight excluding hydrogens is 396 g/mol. The summed E-state index contributed by atoms with van der Waals surface area (Å²) in [5, 5.41) is 6.14. The van der Waals surface area contributed by atoms with Gasteiger partial charge >= 0.3 is 6.03 Å². The van der Waals surface area contributed by atoms with Crippen LogP contribution in [-0.4, -0.2) is 66.5 Å². The molecule has 1 spiro atoms. The molecule has 0 aromatic heterocycles. The fourth-order valence-corrected chi connectivity index (χ4v) is 4.59. The van der Waals surface area contributed by atoms with E-state index in [0.29, 0.717) is 38.2 Å². The number of urea groups is 1. The highest BCUT2D eigenvalue weighted by atomic mass is 35.5. The zero-order valence-corrected chi connectivity index (χ0v) is 17.3. The van der Waals surface area contributed by atoms with Crippen molar-refractivity contribution in [3.8, 4) is 5.75 Å². The maximum atomic E-state index is 13.1. The van der Waals surface area contributed by atoms with Gasteiger partial charge < -0.3 is 20.3 Å². The lowest BCUT2D eigenvalue weighted by Gasteiger charge is -2.37. The molecule has 1 aromatic rings. The number of rotatable bonds is 4. The zero-order chi connectivity index (χ0) is 19.7. The third kappa shape index (κ3) is 3.79. The lowest BCUT2D eigenvalue weighted by molar-refractivity contribution is -0.141. The van der Waals surface area contributed by atoms with Crippen molar-refractivity contribution in [1.82, 2.24) is 20.4 Å². The van der Waals surface area contributed by atoms with Gasteiger partial charge in [-0.15, -0.1) is 12.4 Å². The molecule has 3 fully saturated rings. The van der Waals surface area contributed by atoms with Crippen molar-refractivity contribution in [2.24, 2.45) is 0 Å². The van der Waals surface area contributed by atoms with E-state index in [1.165, 1.54) is 0 Å². The summed E-state index contributed by atoms with van der Waals surface area (Å²) in [6.45, 7) is 1.55. The van der Waals surface area contributed by atoms with Gasteiger partial charge in [0, 0.05) is 25.2 Å². The fraction of sp³-hybridized carbons (Fsp3) is 0.550. The van der Waals surface area contributed by atoms with Gasteiger partial charge in [0.05, 0.1) is 13.2 Å². The molecule has 1 unspecified atom stereocenters. The number of amides is 4. The molecule has 4 rings (SSSR count).